The molecule has 136 valence electrons. The summed E-state index contributed by atoms with van der Waals surface area (Å²) in [6, 6.07) is 11.4. The fourth-order valence-corrected chi connectivity index (χ4v) is 2.73. The van der Waals surface area contributed by atoms with Crippen LogP contribution in [-0.4, -0.2) is 37.8 Å². The molecule has 0 aliphatic heterocycles. The molecule has 2 heterocycles. The minimum Gasteiger partial charge on any atom is -0.355 e. The van der Waals surface area contributed by atoms with E-state index in [-0.39, 0.29) is 5.91 Å². The molecule has 1 atom stereocenters. The highest BCUT2D eigenvalue weighted by Crippen LogP contribution is 2.05. The van der Waals surface area contributed by atoms with Crippen LogP contribution in [0, 0.1) is 0 Å². The van der Waals surface area contributed by atoms with Gasteiger partial charge in [0.2, 0.25) is 5.91 Å². The highest BCUT2D eigenvalue weighted by Gasteiger charge is 2.15. The second kappa shape index (κ2) is 8.96. The van der Waals surface area contributed by atoms with Gasteiger partial charge in [0, 0.05) is 44.6 Å². The first-order chi connectivity index (χ1) is 12.7. The van der Waals surface area contributed by atoms with Crippen molar-refractivity contribution in [2.75, 3.05) is 6.54 Å². The monoisotopic (exact) mass is 352 g/mol. The van der Waals surface area contributed by atoms with E-state index in [4.69, 9.17) is 5.73 Å². The predicted molar refractivity (Wildman–Crippen MR) is 99.3 cm³/mol. The van der Waals surface area contributed by atoms with Crippen molar-refractivity contribution < 1.29 is 4.79 Å². The maximum Gasteiger partial charge on any atom is 0.237 e. The fraction of sp³-hybridized carbons (Fsp3) is 0.316. The number of carbonyl (C=O) groups excluding carboxylic acids is 1. The third-order valence-corrected chi connectivity index (χ3v) is 4.08. The molecule has 3 aromatic rings. The molecule has 0 aliphatic carbocycles. The zero-order valence-electron chi connectivity index (χ0n) is 14.7. The second-order valence-electron chi connectivity index (χ2n) is 6.25. The second-order valence-corrected chi connectivity index (χ2v) is 6.25. The molecule has 2 aromatic heterocycles. The van der Waals surface area contributed by atoms with Gasteiger partial charge in [0.1, 0.15) is 0 Å². The van der Waals surface area contributed by atoms with Gasteiger partial charge in [0.15, 0.2) is 0 Å². The molecule has 0 fully saturated rings. The first kappa shape index (κ1) is 17.9. The van der Waals surface area contributed by atoms with Crippen LogP contribution in [0.4, 0.5) is 0 Å². The Morgan fingerprint density at radius 3 is 2.85 bits per heavy atom. The zero-order valence-corrected chi connectivity index (χ0v) is 14.7. The fourth-order valence-electron chi connectivity index (χ4n) is 2.73. The van der Waals surface area contributed by atoms with Crippen LogP contribution in [0.3, 0.4) is 0 Å². The highest BCUT2D eigenvalue weighted by molar-refractivity contribution is 5.81. The average molecular weight is 352 g/mol. The number of aromatic nitrogens is 4. The summed E-state index contributed by atoms with van der Waals surface area (Å²) >= 11 is 0. The van der Waals surface area contributed by atoms with Crippen molar-refractivity contribution in [3.63, 3.8) is 0 Å². The van der Waals surface area contributed by atoms with Crippen molar-refractivity contribution in [2.45, 2.75) is 32.0 Å². The van der Waals surface area contributed by atoms with Crippen molar-refractivity contribution >= 4 is 5.91 Å². The SMILES string of the molecule is N[C@@H](Cc1cn(Cc2ccccc2)cn1)C(=O)NCCCn1cccn1. The van der Waals surface area contributed by atoms with Gasteiger partial charge < -0.3 is 15.6 Å². The lowest BCUT2D eigenvalue weighted by molar-refractivity contribution is -0.122. The van der Waals surface area contributed by atoms with Crippen LogP contribution in [0.15, 0.2) is 61.3 Å². The molecule has 1 aromatic carbocycles. The Balaban J connectivity index is 1.41. The molecule has 1 amide bonds. The smallest absolute Gasteiger partial charge is 0.237 e. The van der Waals surface area contributed by atoms with Crippen molar-refractivity contribution in [2.24, 2.45) is 5.73 Å². The van der Waals surface area contributed by atoms with E-state index in [0.717, 1.165) is 25.2 Å². The number of benzene rings is 1. The molecule has 0 bridgehead atoms. The molecule has 7 heteroatoms. The average Bonchev–Trinajstić information content (AvgIpc) is 3.31. The number of aryl methyl sites for hydroxylation is 1. The largest absolute Gasteiger partial charge is 0.355 e. The summed E-state index contributed by atoms with van der Waals surface area (Å²) in [4.78, 5) is 16.5. The van der Waals surface area contributed by atoms with Gasteiger partial charge in [-0.25, -0.2) is 4.98 Å². The zero-order chi connectivity index (χ0) is 18.2. The molecule has 3 rings (SSSR count). The molecule has 0 spiro atoms. The predicted octanol–water partition coefficient (Wildman–Crippen LogP) is 1.20. The summed E-state index contributed by atoms with van der Waals surface area (Å²) < 4.78 is 3.84. The molecule has 0 aliphatic rings. The molecule has 0 unspecified atom stereocenters. The summed E-state index contributed by atoms with van der Waals surface area (Å²) in [6.45, 7) is 2.10. The third-order valence-electron chi connectivity index (χ3n) is 4.08. The Morgan fingerprint density at radius 1 is 1.23 bits per heavy atom. The summed E-state index contributed by atoms with van der Waals surface area (Å²) in [7, 11) is 0. The summed E-state index contributed by atoms with van der Waals surface area (Å²) in [6.07, 6.45) is 8.60. The minimum absolute atomic E-state index is 0.150. The number of hydrogen-bond acceptors (Lipinski definition) is 4. The number of rotatable bonds is 9. The number of nitrogens with zero attached hydrogens (tertiary/aromatic N) is 4. The van der Waals surface area contributed by atoms with Gasteiger partial charge in [-0.1, -0.05) is 30.3 Å². The van der Waals surface area contributed by atoms with E-state index < -0.39 is 6.04 Å². The van der Waals surface area contributed by atoms with Gasteiger partial charge in [0.25, 0.3) is 0 Å². The van der Waals surface area contributed by atoms with E-state index in [1.807, 2.05) is 45.9 Å². The van der Waals surface area contributed by atoms with Crippen molar-refractivity contribution in [3.05, 3.63) is 72.6 Å². The van der Waals surface area contributed by atoms with E-state index in [1.165, 1.54) is 5.56 Å². The number of hydrogen-bond donors (Lipinski definition) is 2. The summed E-state index contributed by atoms with van der Waals surface area (Å²) in [5, 5.41) is 7.00. The molecule has 26 heavy (non-hydrogen) atoms. The Hall–Kier alpha value is -2.93. The highest BCUT2D eigenvalue weighted by atomic mass is 16.2. The molecule has 0 radical (unpaired) electrons. The maximum absolute atomic E-state index is 12.1. The first-order valence-corrected chi connectivity index (χ1v) is 8.76. The van der Waals surface area contributed by atoms with Crippen LogP contribution in [-0.2, 0) is 24.3 Å². The summed E-state index contributed by atoms with van der Waals surface area (Å²) in [5.41, 5.74) is 8.03. The van der Waals surface area contributed by atoms with Gasteiger partial charge in [0.05, 0.1) is 18.1 Å². The number of imidazole rings is 1. The molecular weight excluding hydrogens is 328 g/mol. The molecular formula is C19H24N6O. The van der Waals surface area contributed by atoms with E-state index >= 15 is 0 Å². The Bertz CT molecular complexity index is 797. The number of nitrogens with two attached hydrogens (primary N) is 1. The molecule has 0 saturated heterocycles. The topological polar surface area (TPSA) is 90.8 Å². The first-order valence-electron chi connectivity index (χ1n) is 8.76. The molecule has 3 N–H and O–H groups in total. The van der Waals surface area contributed by atoms with Crippen LogP contribution >= 0.6 is 0 Å². The minimum atomic E-state index is -0.597. The van der Waals surface area contributed by atoms with Crippen molar-refractivity contribution in [1.29, 1.82) is 0 Å². The Morgan fingerprint density at radius 2 is 2.08 bits per heavy atom. The summed E-state index contributed by atoms with van der Waals surface area (Å²) in [5.74, 6) is -0.150. The van der Waals surface area contributed by atoms with E-state index in [9.17, 15) is 4.79 Å². The van der Waals surface area contributed by atoms with Crippen LogP contribution in [0.2, 0.25) is 0 Å². The molecule has 0 saturated carbocycles. The van der Waals surface area contributed by atoms with E-state index in [0.29, 0.717) is 13.0 Å². The maximum atomic E-state index is 12.1. The van der Waals surface area contributed by atoms with Gasteiger partial charge in [-0.05, 0) is 18.1 Å². The van der Waals surface area contributed by atoms with Crippen LogP contribution in [0.25, 0.3) is 0 Å². The van der Waals surface area contributed by atoms with Crippen LogP contribution < -0.4 is 11.1 Å². The Labute approximate surface area is 152 Å². The van der Waals surface area contributed by atoms with E-state index in [1.54, 1.807) is 12.5 Å². The Kier molecular flexibility index (Phi) is 6.16. The lowest BCUT2D eigenvalue weighted by Gasteiger charge is -2.11. The van der Waals surface area contributed by atoms with Gasteiger partial charge in [-0.2, -0.15) is 5.10 Å². The van der Waals surface area contributed by atoms with Crippen molar-refractivity contribution in [1.82, 2.24) is 24.6 Å². The normalized spacial score (nSPS) is 12.0. The van der Waals surface area contributed by atoms with E-state index in [2.05, 4.69) is 27.5 Å². The van der Waals surface area contributed by atoms with Crippen LogP contribution in [0.1, 0.15) is 17.7 Å². The van der Waals surface area contributed by atoms with Crippen LogP contribution in [0.5, 0.6) is 0 Å². The third kappa shape index (κ3) is 5.29. The number of amides is 1. The van der Waals surface area contributed by atoms with Gasteiger partial charge >= 0.3 is 0 Å². The number of carbonyl (C=O) groups is 1. The number of nitrogens with one attached hydrogen (secondary N) is 1. The quantitative estimate of drug-likeness (QED) is 0.566. The lowest BCUT2D eigenvalue weighted by atomic mass is 10.1. The van der Waals surface area contributed by atoms with Gasteiger partial charge in [-0.3, -0.25) is 9.48 Å². The molecule has 7 nitrogen and oxygen atoms in total. The van der Waals surface area contributed by atoms with Gasteiger partial charge in [-0.15, -0.1) is 0 Å². The lowest BCUT2D eigenvalue weighted by Crippen LogP contribution is -2.42. The van der Waals surface area contributed by atoms with Crippen molar-refractivity contribution in [3.8, 4) is 0 Å². The standard InChI is InChI=1S/C19H24N6O/c20-18(19(26)21-8-4-10-25-11-5-9-23-25)12-17-14-24(15-22-17)13-16-6-2-1-3-7-16/h1-3,5-7,9,11,14-15,18H,4,8,10,12-13,20H2,(H,21,26)/t18-/m0/s1.